The molecule has 6 aliphatic rings. The van der Waals surface area contributed by atoms with E-state index in [1.54, 1.807) is 0 Å². The van der Waals surface area contributed by atoms with Crippen molar-refractivity contribution in [2.75, 3.05) is 0 Å². The fourth-order valence-electron chi connectivity index (χ4n) is 8.69. The van der Waals surface area contributed by atoms with E-state index in [1.165, 1.54) is 63.4 Å². The van der Waals surface area contributed by atoms with Crippen LogP contribution < -0.4 is 0 Å². The largest absolute Gasteiger partial charge is 0.389 e. The van der Waals surface area contributed by atoms with Gasteiger partial charge < -0.3 is 5.11 Å². The molecule has 2 nitrogen and oxygen atoms in total. The van der Waals surface area contributed by atoms with Gasteiger partial charge in [-0.1, -0.05) is 36.8 Å². The van der Waals surface area contributed by atoms with Gasteiger partial charge in [-0.05, 0) is 87.5 Å². The first-order chi connectivity index (χ1) is 13.1. The Morgan fingerprint density at radius 1 is 0.815 bits per heavy atom. The van der Waals surface area contributed by atoms with E-state index < -0.39 is 0 Å². The zero-order valence-electron chi connectivity index (χ0n) is 16.7. The van der Waals surface area contributed by atoms with Gasteiger partial charge in [-0.15, -0.1) is 0 Å². The van der Waals surface area contributed by atoms with Crippen molar-refractivity contribution in [3.8, 4) is 0 Å². The van der Waals surface area contributed by atoms with Crippen molar-refractivity contribution in [3.63, 3.8) is 0 Å². The highest BCUT2D eigenvalue weighted by Crippen LogP contribution is 2.66. The van der Waals surface area contributed by atoms with Gasteiger partial charge in [0.2, 0.25) is 0 Å². The van der Waals surface area contributed by atoms with E-state index >= 15 is 0 Å². The van der Waals surface area contributed by atoms with E-state index in [1.807, 2.05) is 0 Å². The SMILES string of the molecule is OC1(C23CC4CC(CC(C4)C2)C3)CC2CCCC(C1)N2Cc1ccccc1. The third-order valence-corrected chi connectivity index (χ3v) is 9.39. The normalized spacial score (nSPS) is 48.7. The molecule has 2 aliphatic heterocycles. The van der Waals surface area contributed by atoms with Crippen LogP contribution in [0.1, 0.15) is 76.2 Å². The van der Waals surface area contributed by atoms with Crippen LogP contribution in [-0.2, 0) is 6.54 Å². The molecular formula is C25H35NO. The summed E-state index contributed by atoms with van der Waals surface area (Å²) in [5, 5.41) is 12.2. The Labute approximate surface area is 164 Å². The third-order valence-electron chi connectivity index (χ3n) is 9.39. The maximum atomic E-state index is 12.2. The van der Waals surface area contributed by atoms with Crippen LogP contribution in [0.25, 0.3) is 0 Å². The highest BCUT2D eigenvalue weighted by Gasteiger charge is 2.62. The number of aliphatic hydroxyl groups is 1. The highest BCUT2D eigenvalue weighted by molar-refractivity contribution is 5.18. The molecule has 146 valence electrons. The minimum atomic E-state index is -0.383. The van der Waals surface area contributed by atoms with Gasteiger partial charge in [0.1, 0.15) is 0 Å². The lowest BCUT2D eigenvalue weighted by Crippen LogP contribution is -2.66. The fourth-order valence-corrected chi connectivity index (χ4v) is 8.69. The van der Waals surface area contributed by atoms with E-state index in [0.717, 1.165) is 37.1 Å². The maximum Gasteiger partial charge on any atom is 0.0733 e. The Hall–Kier alpha value is -0.860. The second-order valence-corrected chi connectivity index (χ2v) is 11.0. The van der Waals surface area contributed by atoms with Crippen molar-refractivity contribution in [2.24, 2.45) is 23.2 Å². The molecule has 6 bridgehead atoms. The van der Waals surface area contributed by atoms with E-state index in [4.69, 9.17) is 0 Å². The van der Waals surface area contributed by atoms with Gasteiger partial charge in [-0.25, -0.2) is 0 Å². The summed E-state index contributed by atoms with van der Waals surface area (Å²) < 4.78 is 0. The molecule has 4 aliphatic carbocycles. The Morgan fingerprint density at radius 2 is 1.37 bits per heavy atom. The van der Waals surface area contributed by atoms with Gasteiger partial charge in [0.15, 0.2) is 0 Å². The van der Waals surface area contributed by atoms with Crippen LogP contribution in [0, 0.1) is 23.2 Å². The predicted octanol–water partition coefficient (Wildman–Crippen LogP) is 5.15. The summed E-state index contributed by atoms with van der Waals surface area (Å²) in [5.41, 5.74) is 1.33. The molecule has 6 fully saturated rings. The summed E-state index contributed by atoms with van der Waals surface area (Å²) in [6.45, 7) is 1.08. The molecule has 2 heterocycles. The standard InChI is InChI=1S/C25H35NO/c27-25(24-12-19-9-20(13-24)11-21(10-19)14-24)15-22-7-4-8-23(16-25)26(22)17-18-5-2-1-3-6-18/h1-3,5-6,19-23,27H,4,7-17H2. The molecule has 0 amide bonds. The first kappa shape index (κ1) is 17.0. The second kappa shape index (κ2) is 6.07. The van der Waals surface area contributed by atoms with E-state index in [2.05, 4.69) is 35.2 Å². The first-order valence-corrected chi connectivity index (χ1v) is 11.6. The van der Waals surface area contributed by atoms with Crippen molar-refractivity contribution in [3.05, 3.63) is 35.9 Å². The summed E-state index contributed by atoms with van der Waals surface area (Å²) in [4.78, 5) is 2.77. The van der Waals surface area contributed by atoms with E-state index in [-0.39, 0.29) is 11.0 Å². The molecule has 1 aromatic carbocycles. The topological polar surface area (TPSA) is 23.5 Å². The lowest BCUT2D eigenvalue weighted by atomic mass is 9.43. The summed E-state index contributed by atoms with van der Waals surface area (Å²) in [6, 6.07) is 12.2. The van der Waals surface area contributed by atoms with Crippen LogP contribution in [0.4, 0.5) is 0 Å². The minimum absolute atomic E-state index is 0.272. The zero-order valence-corrected chi connectivity index (χ0v) is 16.7. The lowest BCUT2D eigenvalue weighted by molar-refractivity contribution is -0.219. The molecule has 27 heavy (non-hydrogen) atoms. The van der Waals surface area contributed by atoms with Crippen molar-refractivity contribution in [1.82, 2.24) is 4.90 Å². The first-order valence-electron chi connectivity index (χ1n) is 11.6. The maximum absolute atomic E-state index is 12.2. The molecule has 2 atom stereocenters. The smallest absolute Gasteiger partial charge is 0.0733 e. The molecule has 7 rings (SSSR count). The molecule has 4 saturated carbocycles. The van der Waals surface area contributed by atoms with Gasteiger partial charge in [-0.3, -0.25) is 4.90 Å². The monoisotopic (exact) mass is 365 g/mol. The molecular weight excluding hydrogens is 330 g/mol. The van der Waals surface area contributed by atoms with Crippen LogP contribution in [0.5, 0.6) is 0 Å². The Kier molecular flexibility index (Phi) is 3.83. The molecule has 0 aromatic heterocycles. The summed E-state index contributed by atoms with van der Waals surface area (Å²) >= 11 is 0. The number of benzene rings is 1. The number of hydrogen-bond donors (Lipinski definition) is 1. The number of piperidine rings is 2. The fraction of sp³-hybridized carbons (Fsp3) is 0.760. The Bertz CT molecular complexity index is 648. The van der Waals surface area contributed by atoms with Gasteiger partial charge >= 0.3 is 0 Å². The van der Waals surface area contributed by atoms with Crippen LogP contribution in [0.15, 0.2) is 30.3 Å². The molecule has 0 spiro atoms. The van der Waals surface area contributed by atoms with Gasteiger partial charge in [0.05, 0.1) is 5.60 Å². The highest BCUT2D eigenvalue weighted by atomic mass is 16.3. The van der Waals surface area contributed by atoms with Gasteiger partial charge in [0, 0.05) is 24.0 Å². The van der Waals surface area contributed by atoms with Crippen LogP contribution >= 0.6 is 0 Å². The van der Waals surface area contributed by atoms with E-state index in [0.29, 0.717) is 12.1 Å². The van der Waals surface area contributed by atoms with Gasteiger partial charge in [-0.2, -0.15) is 0 Å². The molecule has 0 radical (unpaired) electrons. The van der Waals surface area contributed by atoms with Crippen LogP contribution in [0.2, 0.25) is 0 Å². The number of fused-ring (bicyclic) bond motifs is 2. The average Bonchev–Trinajstić information content (AvgIpc) is 2.62. The second-order valence-electron chi connectivity index (χ2n) is 11.0. The lowest BCUT2D eigenvalue weighted by Gasteiger charge is -2.66. The number of rotatable bonds is 3. The quantitative estimate of drug-likeness (QED) is 0.800. The summed E-state index contributed by atoms with van der Waals surface area (Å²) in [7, 11) is 0. The van der Waals surface area contributed by atoms with Crippen LogP contribution in [-0.4, -0.2) is 27.7 Å². The number of nitrogens with zero attached hydrogens (tertiary/aromatic N) is 1. The Morgan fingerprint density at radius 3 is 1.93 bits per heavy atom. The van der Waals surface area contributed by atoms with Crippen molar-refractivity contribution in [1.29, 1.82) is 0 Å². The van der Waals surface area contributed by atoms with Crippen molar-refractivity contribution < 1.29 is 5.11 Å². The van der Waals surface area contributed by atoms with Crippen LogP contribution in [0.3, 0.4) is 0 Å². The third kappa shape index (κ3) is 2.66. The van der Waals surface area contributed by atoms with Gasteiger partial charge in [0.25, 0.3) is 0 Å². The Balaban J connectivity index is 1.28. The minimum Gasteiger partial charge on any atom is -0.389 e. The molecule has 2 unspecified atom stereocenters. The predicted molar refractivity (Wildman–Crippen MR) is 108 cm³/mol. The van der Waals surface area contributed by atoms with E-state index in [9.17, 15) is 5.11 Å². The number of hydrogen-bond acceptors (Lipinski definition) is 2. The van der Waals surface area contributed by atoms with Crippen molar-refractivity contribution in [2.45, 2.75) is 94.9 Å². The van der Waals surface area contributed by atoms with Crippen molar-refractivity contribution >= 4 is 0 Å². The summed E-state index contributed by atoms with van der Waals surface area (Å²) in [5.74, 6) is 2.80. The summed E-state index contributed by atoms with van der Waals surface area (Å²) in [6.07, 6.45) is 14.5. The molecule has 1 N–H and O–H groups in total. The molecule has 1 aromatic rings. The average molecular weight is 366 g/mol. The molecule has 2 heteroatoms. The molecule has 2 saturated heterocycles. The zero-order chi connectivity index (χ0) is 18.1.